The van der Waals surface area contributed by atoms with Crippen LogP contribution in [0.15, 0.2) is 35.1 Å². The van der Waals surface area contributed by atoms with E-state index in [1.165, 1.54) is 0 Å². The molecular formula is C23H23BrClN5O3. The van der Waals surface area contributed by atoms with E-state index >= 15 is 0 Å². The van der Waals surface area contributed by atoms with Crippen LogP contribution in [0.4, 0.5) is 5.69 Å². The van der Waals surface area contributed by atoms with Crippen molar-refractivity contribution >= 4 is 50.9 Å². The highest BCUT2D eigenvalue weighted by atomic mass is 79.9. The summed E-state index contributed by atoms with van der Waals surface area (Å²) in [5.41, 5.74) is 3.71. The van der Waals surface area contributed by atoms with Crippen molar-refractivity contribution in [2.45, 2.75) is 32.0 Å². The van der Waals surface area contributed by atoms with E-state index in [0.717, 1.165) is 54.0 Å². The normalized spacial score (nSPS) is 21.4. The van der Waals surface area contributed by atoms with Gasteiger partial charge in [0.25, 0.3) is 5.91 Å². The first-order valence-electron chi connectivity index (χ1n) is 10.9. The Labute approximate surface area is 205 Å². The lowest BCUT2D eigenvalue weighted by atomic mass is 10.0. The molecule has 0 bridgehead atoms. The van der Waals surface area contributed by atoms with Gasteiger partial charge >= 0.3 is 0 Å². The van der Waals surface area contributed by atoms with Gasteiger partial charge in [-0.25, -0.2) is 0 Å². The number of nitrogens with one attached hydrogen (secondary N) is 1. The van der Waals surface area contributed by atoms with E-state index in [-0.39, 0.29) is 24.1 Å². The maximum atomic E-state index is 12.9. The molecule has 3 amide bonds. The number of hydrogen-bond donors (Lipinski definition) is 1. The second-order valence-electron chi connectivity index (χ2n) is 8.61. The predicted octanol–water partition coefficient (Wildman–Crippen LogP) is 2.58. The molecular weight excluding hydrogens is 510 g/mol. The van der Waals surface area contributed by atoms with Crippen LogP contribution in [0.3, 0.4) is 0 Å². The molecule has 0 radical (unpaired) electrons. The number of pyridine rings is 1. The van der Waals surface area contributed by atoms with Crippen molar-refractivity contribution in [3.05, 3.63) is 56.8 Å². The lowest BCUT2D eigenvalue weighted by molar-refractivity contribution is -0.136. The average Bonchev–Trinajstić information content (AvgIpc) is 3.10. The third kappa shape index (κ3) is 4.37. The number of amides is 3. The van der Waals surface area contributed by atoms with Crippen LogP contribution in [0.5, 0.6) is 0 Å². The third-order valence-electron chi connectivity index (χ3n) is 6.51. The van der Waals surface area contributed by atoms with E-state index in [1.807, 2.05) is 12.1 Å². The van der Waals surface area contributed by atoms with E-state index < -0.39 is 6.04 Å². The molecule has 1 aromatic heterocycles. The van der Waals surface area contributed by atoms with Crippen molar-refractivity contribution in [3.8, 4) is 0 Å². The van der Waals surface area contributed by atoms with Gasteiger partial charge in [-0.05, 0) is 39.5 Å². The number of anilines is 1. The van der Waals surface area contributed by atoms with Gasteiger partial charge < -0.3 is 9.80 Å². The van der Waals surface area contributed by atoms with Crippen molar-refractivity contribution in [3.63, 3.8) is 0 Å². The lowest BCUT2D eigenvalue weighted by Gasteiger charge is -2.36. The minimum atomic E-state index is -0.585. The zero-order valence-corrected chi connectivity index (χ0v) is 20.2. The average molecular weight is 533 g/mol. The van der Waals surface area contributed by atoms with E-state index in [0.29, 0.717) is 23.6 Å². The van der Waals surface area contributed by atoms with Gasteiger partial charge in [0.15, 0.2) is 0 Å². The first-order valence-corrected chi connectivity index (χ1v) is 12.1. The SMILES string of the molecule is O=C1CCC(N2Cc3cc(CN4CCN(c5c(Cl)cncc5Br)CC4)ccc3C2=O)C(=O)N1. The molecule has 3 aliphatic heterocycles. The molecule has 1 unspecified atom stereocenters. The fourth-order valence-corrected chi connectivity index (χ4v) is 5.79. The zero-order chi connectivity index (χ0) is 23.1. The summed E-state index contributed by atoms with van der Waals surface area (Å²) >= 11 is 9.91. The number of carbonyl (C=O) groups excluding carboxylic acids is 3. The molecule has 2 fully saturated rings. The molecule has 10 heteroatoms. The Bertz CT molecular complexity index is 1110. The van der Waals surface area contributed by atoms with Gasteiger partial charge in [0, 0.05) is 63.6 Å². The van der Waals surface area contributed by atoms with Crippen LogP contribution in [-0.4, -0.2) is 64.7 Å². The number of rotatable bonds is 4. The second-order valence-corrected chi connectivity index (χ2v) is 9.87. The molecule has 172 valence electrons. The van der Waals surface area contributed by atoms with Crippen LogP contribution in [0.1, 0.15) is 34.3 Å². The van der Waals surface area contributed by atoms with Crippen LogP contribution in [0.2, 0.25) is 5.02 Å². The maximum absolute atomic E-state index is 12.9. The predicted molar refractivity (Wildman–Crippen MR) is 127 cm³/mol. The van der Waals surface area contributed by atoms with Crippen LogP contribution in [0, 0.1) is 0 Å². The monoisotopic (exact) mass is 531 g/mol. The Kier molecular flexibility index (Phi) is 6.11. The van der Waals surface area contributed by atoms with Crippen LogP contribution in [-0.2, 0) is 22.7 Å². The highest BCUT2D eigenvalue weighted by molar-refractivity contribution is 9.10. The van der Waals surface area contributed by atoms with Crippen molar-refractivity contribution < 1.29 is 14.4 Å². The molecule has 0 aliphatic carbocycles. The molecule has 1 N–H and O–H groups in total. The molecule has 3 aliphatic rings. The van der Waals surface area contributed by atoms with Gasteiger partial charge in [-0.15, -0.1) is 0 Å². The van der Waals surface area contributed by atoms with E-state index in [2.05, 4.69) is 42.1 Å². The van der Waals surface area contributed by atoms with Gasteiger partial charge in [-0.1, -0.05) is 23.7 Å². The standard InChI is InChI=1S/C23H23BrClN5O3/c24-17-10-26-11-18(25)21(17)29-7-5-28(6-8-29)12-14-1-2-16-15(9-14)13-30(23(16)33)19-3-4-20(31)27-22(19)32/h1-2,9-11,19H,3-8,12-13H2,(H,27,31,32). The summed E-state index contributed by atoms with van der Waals surface area (Å²) in [4.78, 5) is 46.9. The number of imide groups is 1. The second kappa shape index (κ2) is 9.04. The largest absolute Gasteiger partial charge is 0.367 e. The molecule has 5 rings (SSSR count). The highest BCUT2D eigenvalue weighted by Crippen LogP contribution is 2.34. The van der Waals surface area contributed by atoms with Crippen molar-refractivity contribution in [2.75, 3.05) is 31.1 Å². The molecule has 2 saturated heterocycles. The van der Waals surface area contributed by atoms with E-state index in [9.17, 15) is 14.4 Å². The van der Waals surface area contributed by atoms with Crippen LogP contribution >= 0.6 is 27.5 Å². The summed E-state index contributed by atoms with van der Waals surface area (Å²) < 4.78 is 0.896. The number of aromatic nitrogens is 1. The minimum Gasteiger partial charge on any atom is -0.367 e. The summed E-state index contributed by atoms with van der Waals surface area (Å²) in [7, 11) is 0. The highest BCUT2D eigenvalue weighted by Gasteiger charge is 2.39. The van der Waals surface area contributed by atoms with E-state index in [4.69, 9.17) is 11.6 Å². The summed E-state index contributed by atoms with van der Waals surface area (Å²) in [5, 5.41) is 2.98. The maximum Gasteiger partial charge on any atom is 0.255 e. The zero-order valence-electron chi connectivity index (χ0n) is 17.9. The van der Waals surface area contributed by atoms with Gasteiger partial charge in [0.2, 0.25) is 11.8 Å². The van der Waals surface area contributed by atoms with Crippen LogP contribution in [0.25, 0.3) is 0 Å². The van der Waals surface area contributed by atoms with Crippen molar-refractivity contribution in [1.29, 1.82) is 0 Å². The van der Waals surface area contributed by atoms with Crippen molar-refractivity contribution in [1.82, 2.24) is 20.1 Å². The summed E-state index contributed by atoms with van der Waals surface area (Å²) in [6.45, 7) is 4.69. The molecule has 4 heterocycles. The molecule has 0 spiro atoms. The summed E-state index contributed by atoms with van der Waals surface area (Å²) in [6, 6.07) is 5.34. The minimum absolute atomic E-state index is 0.139. The Hall–Kier alpha value is -2.49. The number of nitrogens with zero attached hydrogens (tertiary/aromatic N) is 4. The van der Waals surface area contributed by atoms with Crippen LogP contribution < -0.4 is 10.2 Å². The number of halogens is 2. The number of piperidine rings is 1. The number of piperazine rings is 1. The molecule has 1 aromatic carbocycles. The third-order valence-corrected chi connectivity index (χ3v) is 7.37. The Morgan fingerprint density at radius 1 is 1.12 bits per heavy atom. The van der Waals surface area contributed by atoms with Gasteiger partial charge in [0.05, 0.1) is 15.2 Å². The first kappa shape index (κ1) is 22.3. The number of benzene rings is 1. The van der Waals surface area contributed by atoms with Crippen molar-refractivity contribution in [2.24, 2.45) is 0 Å². The fourth-order valence-electron chi connectivity index (χ4n) is 4.82. The topological polar surface area (TPSA) is 85.9 Å². The number of hydrogen-bond acceptors (Lipinski definition) is 6. The Morgan fingerprint density at radius 2 is 1.91 bits per heavy atom. The molecule has 8 nitrogen and oxygen atoms in total. The molecule has 1 atom stereocenters. The first-order chi connectivity index (χ1) is 15.9. The van der Waals surface area contributed by atoms with Gasteiger partial charge in [-0.3, -0.25) is 29.6 Å². The summed E-state index contributed by atoms with van der Waals surface area (Å²) in [5.74, 6) is -0.799. The Balaban J connectivity index is 1.23. The van der Waals surface area contributed by atoms with Gasteiger partial charge in [0.1, 0.15) is 6.04 Å². The Morgan fingerprint density at radius 3 is 2.64 bits per heavy atom. The molecule has 0 saturated carbocycles. The van der Waals surface area contributed by atoms with Gasteiger partial charge in [-0.2, -0.15) is 0 Å². The molecule has 2 aromatic rings. The van der Waals surface area contributed by atoms with E-state index in [1.54, 1.807) is 17.3 Å². The fraction of sp³-hybridized carbons (Fsp3) is 0.391. The summed E-state index contributed by atoms with van der Waals surface area (Å²) in [6.07, 6.45) is 4.06. The number of carbonyl (C=O) groups is 3. The smallest absolute Gasteiger partial charge is 0.255 e. The number of fused-ring (bicyclic) bond motifs is 1. The quantitative estimate of drug-likeness (QED) is 0.610. The lowest BCUT2D eigenvalue weighted by Crippen LogP contribution is -2.52. The molecule has 33 heavy (non-hydrogen) atoms.